The number of hydrogen-bond donors (Lipinski definition) is 1. The molecule has 2 aromatic rings. The van der Waals surface area contributed by atoms with Gasteiger partial charge >= 0.3 is 0 Å². The Labute approximate surface area is 132 Å². The third-order valence-corrected chi connectivity index (χ3v) is 3.76. The Morgan fingerprint density at radius 1 is 1.00 bits per heavy atom. The predicted molar refractivity (Wildman–Crippen MR) is 87.8 cm³/mol. The lowest BCUT2D eigenvalue weighted by Crippen LogP contribution is -2.06. The summed E-state index contributed by atoms with van der Waals surface area (Å²) >= 11 is 0. The van der Waals surface area contributed by atoms with Crippen molar-refractivity contribution in [1.82, 2.24) is 4.98 Å². The van der Waals surface area contributed by atoms with E-state index in [0.717, 1.165) is 11.1 Å². The first-order chi connectivity index (χ1) is 11.2. The van der Waals surface area contributed by atoms with Gasteiger partial charge in [0.1, 0.15) is 17.0 Å². The van der Waals surface area contributed by atoms with Crippen molar-refractivity contribution in [3.05, 3.63) is 82.0 Å². The molecule has 4 nitrogen and oxygen atoms in total. The zero-order valence-electron chi connectivity index (χ0n) is 12.2. The Morgan fingerprint density at radius 3 is 2.65 bits per heavy atom. The van der Waals surface area contributed by atoms with Crippen LogP contribution in [0, 0.1) is 0 Å². The number of fused-ring (bicyclic) bond motifs is 2. The van der Waals surface area contributed by atoms with Crippen LogP contribution in [0.15, 0.2) is 69.9 Å². The van der Waals surface area contributed by atoms with E-state index in [1.807, 2.05) is 30.3 Å². The van der Waals surface area contributed by atoms with E-state index in [-0.39, 0.29) is 11.2 Å². The summed E-state index contributed by atoms with van der Waals surface area (Å²) in [5.41, 5.74) is 3.58. The number of aromatic hydroxyl groups is 1. The van der Waals surface area contributed by atoms with Crippen molar-refractivity contribution < 1.29 is 9.52 Å². The monoisotopic (exact) mass is 303 g/mol. The van der Waals surface area contributed by atoms with Crippen LogP contribution in [0.1, 0.15) is 11.1 Å². The molecular formula is C19H13NO3. The topological polar surface area (TPSA) is 63.3 Å². The SMILES string of the molecule is O=c1cc2oc3cc(O)ccc3nc-2c(Cc2ccccc2)c1. The predicted octanol–water partition coefficient (Wildman–Crippen LogP) is 3.59. The quantitative estimate of drug-likeness (QED) is 0.575. The van der Waals surface area contributed by atoms with Gasteiger partial charge in [-0.25, -0.2) is 4.98 Å². The van der Waals surface area contributed by atoms with Crippen LogP contribution in [-0.4, -0.2) is 10.1 Å². The second kappa shape index (κ2) is 5.25. The molecule has 1 N–H and O–H groups in total. The zero-order valence-corrected chi connectivity index (χ0v) is 12.2. The molecule has 0 bridgehead atoms. The van der Waals surface area contributed by atoms with Crippen LogP contribution in [-0.2, 0) is 6.42 Å². The van der Waals surface area contributed by atoms with E-state index in [9.17, 15) is 9.90 Å². The molecule has 2 aliphatic rings. The third kappa shape index (κ3) is 2.55. The molecule has 1 aliphatic heterocycles. The van der Waals surface area contributed by atoms with Crippen LogP contribution in [0.25, 0.3) is 22.6 Å². The highest BCUT2D eigenvalue weighted by atomic mass is 16.3. The van der Waals surface area contributed by atoms with Gasteiger partial charge in [-0.15, -0.1) is 0 Å². The van der Waals surface area contributed by atoms with Gasteiger partial charge in [-0.05, 0) is 35.7 Å². The highest BCUT2D eigenvalue weighted by Crippen LogP contribution is 2.29. The molecule has 0 aromatic heterocycles. The molecule has 4 rings (SSSR count). The molecule has 0 unspecified atom stereocenters. The number of rotatable bonds is 2. The Kier molecular flexibility index (Phi) is 3.08. The normalized spacial score (nSPS) is 11.1. The molecule has 0 fully saturated rings. The van der Waals surface area contributed by atoms with E-state index < -0.39 is 0 Å². The second-order valence-electron chi connectivity index (χ2n) is 5.46. The number of phenolic OH excluding ortho intramolecular Hbond substituents is 1. The van der Waals surface area contributed by atoms with Gasteiger partial charge in [-0.1, -0.05) is 30.3 Å². The summed E-state index contributed by atoms with van der Waals surface area (Å²) in [5.74, 6) is 0.534. The van der Waals surface area contributed by atoms with E-state index in [1.165, 1.54) is 12.1 Å². The fraction of sp³-hybridized carbons (Fsp3) is 0.0526. The first-order valence-corrected chi connectivity index (χ1v) is 7.29. The first-order valence-electron chi connectivity index (χ1n) is 7.29. The largest absolute Gasteiger partial charge is 0.508 e. The van der Waals surface area contributed by atoms with Gasteiger partial charge < -0.3 is 9.52 Å². The fourth-order valence-corrected chi connectivity index (χ4v) is 2.71. The highest BCUT2D eigenvalue weighted by Gasteiger charge is 2.15. The summed E-state index contributed by atoms with van der Waals surface area (Å²) < 4.78 is 5.76. The number of aromatic nitrogens is 1. The highest BCUT2D eigenvalue weighted by molar-refractivity contribution is 5.78. The molecule has 2 aromatic carbocycles. The Bertz CT molecular complexity index is 1020. The molecular weight excluding hydrogens is 290 g/mol. The van der Waals surface area contributed by atoms with E-state index in [1.54, 1.807) is 18.2 Å². The minimum atomic E-state index is -0.117. The van der Waals surface area contributed by atoms with Crippen molar-refractivity contribution in [2.24, 2.45) is 0 Å². The van der Waals surface area contributed by atoms with Crippen LogP contribution in [0.4, 0.5) is 0 Å². The molecule has 0 saturated heterocycles. The fourth-order valence-electron chi connectivity index (χ4n) is 2.71. The Morgan fingerprint density at radius 2 is 1.83 bits per heavy atom. The van der Waals surface area contributed by atoms with Crippen molar-refractivity contribution in [3.63, 3.8) is 0 Å². The van der Waals surface area contributed by atoms with Crippen molar-refractivity contribution in [2.75, 3.05) is 0 Å². The minimum absolute atomic E-state index is 0.102. The average molecular weight is 303 g/mol. The molecule has 0 spiro atoms. The zero-order chi connectivity index (χ0) is 15.8. The molecule has 1 heterocycles. The molecule has 0 saturated carbocycles. The Hall–Kier alpha value is -3.14. The van der Waals surface area contributed by atoms with Gasteiger partial charge in [0.25, 0.3) is 0 Å². The van der Waals surface area contributed by atoms with Crippen LogP contribution >= 0.6 is 0 Å². The van der Waals surface area contributed by atoms with Crippen molar-refractivity contribution in [2.45, 2.75) is 6.42 Å². The van der Waals surface area contributed by atoms with E-state index in [2.05, 4.69) is 4.98 Å². The van der Waals surface area contributed by atoms with Crippen molar-refractivity contribution in [3.8, 4) is 17.2 Å². The molecule has 112 valence electrons. The van der Waals surface area contributed by atoms with Gasteiger partial charge in [-0.3, -0.25) is 4.79 Å². The minimum Gasteiger partial charge on any atom is -0.508 e. The van der Waals surface area contributed by atoms with Crippen LogP contribution in [0.2, 0.25) is 0 Å². The van der Waals surface area contributed by atoms with E-state index in [0.29, 0.717) is 29.0 Å². The smallest absolute Gasteiger partial charge is 0.182 e. The second-order valence-corrected chi connectivity index (χ2v) is 5.46. The molecule has 0 atom stereocenters. The summed E-state index contributed by atoms with van der Waals surface area (Å²) in [5, 5.41) is 9.56. The Balaban J connectivity index is 1.94. The van der Waals surface area contributed by atoms with E-state index >= 15 is 0 Å². The van der Waals surface area contributed by atoms with Gasteiger partial charge in [0.2, 0.25) is 0 Å². The van der Waals surface area contributed by atoms with Gasteiger partial charge in [0, 0.05) is 12.1 Å². The first kappa shape index (κ1) is 13.5. The van der Waals surface area contributed by atoms with Gasteiger partial charge in [0.05, 0.1) is 0 Å². The van der Waals surface area contributed by atoms with E-state index in [4.69, 9.17) is 4.42 Å². The summed E-state index contributed by atoms with van der Waals surface area (Å²) in [6.45, 7) is 0. The standard InChI is InChI=1S/C19H13NO3/c21-14-6-7-16-17(10-14)23-18-11-15(22)9-13(19(18)20-16)8-12-4-2-1-3-5-12/h1-7,9-11,21H,8H2. The molecule has 0 amide bonds. The maximum absolute atomic E-state index is 12.0. The van der Waals surface area contributed by atoms with Crippen LogP contribution < -0.4 is 5.43 Å². The number of benzene rings is 3. The number of phenols is 1. The lowest BCUT2D eigenvalue weighted by atomic mass is 10.0. The van der Waals surface area contributed by atoms with Crippen molar-refractivity contribution in [1.29, 1.82) is 0 Å². The average Bonchev–Trinajstić information content (AvgIpc) is 2.54. The maximum atomic E-state index is 12.0. The molecule has 4 heteroatoms. The van der Waals surface area contributed by atoms with Crippen LogP contribution in [0.3, 0.4) is 0 Å². The lowest BCUT2D eigenvalue weighted by molar-refractivity contribution is 0.474. The van der Waals surface area contributed by atoms with Crippen LogP contribution in [0.5, 0.6) is 5.75 Å². The molecule has 23 heavy (non-hydrogen) atoms. The van der Waals surface area contributed by atoms with Gasteiger partial charge in [-0.2, -0.15) is 0 Å². The summed E-state index contributed by atoms with van der Waals surface area (Å²) in [6.07, 6.45) is 0.611. The number of hydrogen-bond acceptors (Lipinski definition) is 4. The van der Waals surface area contributed by atoms with Gasteiger partial charge in [0.15, 0.2) is 16.8 Å². The summed E-state index contributed by atoms with van der Waals surface area (Å²) in [6, 6.07) is 17.7. The lowest BCUT2D eigenvalue weighted by Gasteiger charge is -2.11. The van der Waals surface area contributed by atoms with Crippen molar-refractivity contribution >= 4 is 11.1 Å². The number of nitrogens with zero attached hydrogens (tertiary/aromatic N) is 1. The third-order valence-electron chi connectivity index (χ3n) is 3.76. The maximum Gasteiger partial charge on any atom is 0.182 e. The summed E-state index contributed by atoms with van der Waals surface area (Å²) in [7, 11) is 0. The molecule has 0 radical (unpaired) electrons. The molecule has 1 aliphatic carbocycles. The summed E-state index contributed by atoms with van der Waals surface area (Å²) in [4.78, 5) is 16.6.